The zero-order valence-corrected chi connectivity index (χ0v) is 15.9. The highest BCUT2D eigenvalue weighted by molar-refractivity contribution is 6.31. The highest BCUT2D eigenvalue weighted by Gasteiger charge is 2.60. The van der Waals surface area contributed by atoms with E-state index in [1.807, 2.05) is 42.5 Å². The molecule has 2 aliphatic heterocycles. The van der Waals surface area contributed by atoms with E-state index in [-0.39, 0.29) is 11.8 Å². The highest BCUT2D eigenvalue weighted by Crippen LogP contribution is 2.47. The Bertz CT molecular complexity index is 1060. The van der Waals surface area contributed by atoms with E-state index < -0.39 is 18.1 Å². The molecule has 0 unspecified atom stereocenters. The topological polar surface area (TPSA) is 62.7 Å². The Hall–Kier alpha value is -3.22. The molecular formula is C22H16ClN3O3. The van der Waals surface area contributed by atoms with Gasteiger partial charge < -0.3 is 0 Å². The van der Waals surface area contributed by atoms with Crippen LogP contribution in [0.5, 0.6) is 0 Å². The van der Waals surface area contributed by atoms with Crippen molar-refractivity contribution in [3.05, 3.63) is 89.7 Å². The van der Waals surface area contributed by atoms with Gasteiger partial charge in [0.05, 0.1) is 17.4 Å². The molecule has 1 aromatic heterocycles. The molecule has 0 saturated carbocycles. The van der Waals surface area contributed by atoms with E-state index in [9.17, 15) is 9.59 Å². The number of carbonyl (C=O) groups is 2. The van der Waals surface area contributed by atoms with Gasteiger partial charge in [0.1, 0.15) is 5.92 Å². The molecule has 0 bridgehead atoms. The number of nitrogens with zero attached hydrogens (tertiary/aromatic N) is 3. The third kappa shape index (κ3) is 2.88. The van der Waals surface area contributed by atoms with Crippen LogP contribution in [0.25, 0.3) is 0 Å². The van der Waals surface area contributed by atoms with Crippen molar-refractivity contribution in [3.63, 3.8) is 0 Å². The van der Waals surface area contributed by atoms with E-state index in [1.54, 1.807) is 41.7 Å². The minimum absolute atomic E-state index is 0.289. The maximum Gasteiger partial charge on any atom is 0.266 e. The third-order valence-corrected chi connectivity index (χ3v) is 5.51. The fourth-order valence-electron chi connectivity index (χ4n) is 3.96. The molecule has 2 aromatic carbocycles. The number of aromatic nitrogens is 1. The molecule has 0 N–H and O–H groups in total. The molecule has 0 aliphatic carbocycles. The lowest BCUT2D eigenvalue weighted by Crippen LogP contribution is -2.37. The lowest BCUT2D eigenvalue weighted by atomic mass is 9.91. The summed E-state index contributed by atoms with van der Waals surface area (Å²) in [4.78, 5) is 37.9. The van der Waals surface area contributed by atoms with Crippen molar-refractivity contribution in [2.45, 2.75) is 12.1 Å². The molecule has 6 nitrogen and oxygen atoms in total. The smallest absolute Gasteiger partial charge is 0.266 e. The number of carbonyl (C=O) groups excluding carboxylic acids is 2. The van der Waals surface area contributed by atoms with Gasteiger partial charge in [0, 0.05) is 17.4 Å². The standard InChI is InChI=1S/C22H16ClN3O3/c23-15-6-8-16(9-7-15)25-21(27)18-19(14-10-12-24-13-11-14)26(29-20(18)22(25)28)17-4-2-1-3-5-17/h1-13,18-20H/t18-,19-,20+/m1/s1. The second kappa shape index (κ2) is 6.99. The summed E-state index contributed by atoms with van der Waals surface area (Å²) in [6.45, 7) is 0. The number of amides is 2. The van der Waals surface area contributed by atoms with E-state index >= 15 is 0 Å². The van der Waals surface area contributed by atoms with Crippen LogP contribution >= 0.6 is 11.6 Å². The molecular weight excluding hydrogens is 390 g/mol. The number of para-hydroxylation sites is 1. The Morgan fingerprint density at radius 1 is 0.828 bits per heavy atom. The van der Waals surface area contributed by atoms with Gasteiger partial charge in [-0.05, 0) is 54.1 Å². The summed E-state index contributed by atoms with van der Waals surface area (Å²) in [6.07, 6.45) is 2.45. The van der Waals surface area contributed by atoms with Crippen molar-refractivity contribution in [2.75, 3.05) is 9.96 Å². The maximum atomic E-state index is 13.4. The van der Waals surface area contributed by atoms with Crippen molar-refractivity contribution in [1.29, 1.82) is 0 Å². The maximum absolute atomic E-state index is 13.4. The summed E-state index contributed by atoms with van der Waals surface area (Å²) < 4.78 is 0. The van der Waals surface area contributed by atoms with Crippen LogP contribution < -0.4 is 9.96 Å². The van der Waals surface area contributed by atoms with Crippen LogP contribution in [0, 0.1) is 5.92 Å². The Morgan fingerprint density at radius 2 is 1.52 bits per heavy atom. The second-order valence-corrected chi connectivity index (χ2v) is 7.36. The summed E-state index contributed by atoms with van der Waals surface area (Å²) in [5.41, 5.74) is 2.12. The molecule has 2 saturated heterocycles. The highest BCUT2D eigenvalue weighted by atomic mass is 35.5. The zero-order valence-electron chi connectivity index (χ0n) is 15.2. The summed E-state index contributed by atoms with van der Waals surface area (Å²) in [7, 11) is 0. The number of halogens is 1. The van der Waals surface area contributed by atoms with Gasteiger partial charge in [-0.3, -0.25) is 19.4 Å². The minimum atomic E-state index is -0.892. The number of hydrogen-bond acceptors (Lipinski definition) is 5. The average Bonchev–Trinajstić information content (AvgIpc) is 3.27. The number of imide groups is 1. The van der Waals surface area contributed by atoms with Gasteiger partial charge in [-0.1, -0.05) is 29.8 Å². The van der Waals surface area contributed by atoms with Crippen molar-refractivity contribution < 1.29 is 14.4 Å². The van der Waals surface area contributed by atoms with Crippen LogP contribution in [-0.4, -0.2) is 22.9 Å². The van der Waals surface area contributed by atoms with E-state index in [0.29, 0.717) is 10.7 Å². The molecule has 3 heterocycles. The molecule has 0 spiro atoms. The zero-order chi connectivity index (χ0) is 20.0. The van der Waals surface area contributed by atoms with E-state index in [1.165, 1.54) is 4.90 Å². The Labute approximate surface area is 172 Å². The van der Waals surface area contributed by atoms with Gasteiger partial charge in [0.2, 0.25) is 5.91 Å². The normalized spacial score (nSPS) is 23.6. The molecule has 5 rings (SSSR count). The monoisotopic (exact) mass is 405 g/mol. The van der Waals surface area contributed by atoms with Crippen LogP contribution in [0.4, 0.5) is 11.4 Å². The fraction of sp³-hybridized carbons (Fsp3) is 0.136. The first-order chi connectivity index (χ1) is 14.1. The molecule has 0 radical (unpaired) electrons. The third-order valence-electron chi connectivity index (χ3n) is 5.26. The lowest BCUT2D eigenvalue weighted by Gasteiger charge is -2.28. The van der Waals surface area contributed by atoms with E-state index in [4.69, 9.17) is 16.4 Å². The number of rotatable bonds is 3. The van der Waals surface area contributed by atoms with Gasteiger partial charge in [-0.2, -0.15) is 0 Å². The molecule has 3 aromatic rings. The second-order valence-electron chi connectivity index (χ2n) is 6.93. The van der Waals surface area contributed by atoms with Crippen LogP contribution in [-0.2, 0) is 14.4 Å². The molecule has 29 heavy (non-hydrogen) atoms. The Morgan fingerprint density at radius 3 is 2.21 bits per heavy atom. The molecule has 2 fully saturated rings. The van der Waals surface area contributed by atoms with Crippen molar-refractivity contribution in [2.24, 2.45) is 5.92 Å². The van der Waals surface area contributed by atoms with Gasteiger partial charge in [0.25, 0.3) is 5.91 Å². The van der Waals surface area contributed by atoms with Crippen LogP contribution in [0.3, 0.4) is 0 Å². The SMILES string of the molecule is O=C1[C@H]2[C@H](ON(c3ccccc3)[C@@H]2c2ccncc2)C(=O)N1c1ccc(Cl)cc1. The van der Waals surface area contributed by atoms with Gasteiger partial charge in [0.15, 0.2) is 6.10 Å². The van der Waals surface area contributed by atoms with Crippen LogP contribution in [0.1, 0.15) is 11.6 Å². The summed E-state index contributed by atoms with van der Waals surface area (Å²) in [5.74, 6) is -1.33. The summed E-state index contributed by atoms with van der Waals surface area (Å²) >= 11 is 5.95. The molecule has 2 amide bonds. The number of hydroxylamine groups is 1. The summed E-state index contributed by atoms with van der Waals surface area (Å²) in [6, 6.07) is 19.3. The lowest BCUT2D eigenvalue weighted by molar-refractivity contribution is -0.126. The fourth-order valence-corrected chi connectivity index (χ4v) is 4.08. The Balaban J connectivity index is 1.58. The van der Waals surface area contributed by atoms with Crippen molar-refractivity contribution in [1.82, 2.24) is 4.98 Å². The van der Waals surface area contributed by atoms with E-state index in [0.717, 1.165) is 11.3 Å². The van der Waals surface area contributed by atoms with Crippen molar-refractivity contribution in [3.8, 4) is 0 Å². The number of anilines is 2. The number of benzene rings is 2. The van der Waals surface area contributed by atoms with E-state index in [2.05, 4.69) is 4.98 Å². The average molecular weight is 406 g/mol. The van der Waals surface area contributed by atoms with Crippen molar-refractivity contribution >= 4 is 34.8 Å². The largest absolute Gasteiger partial charge is 0.273 e. The first-order valence-corrected chi connectivity index (χ1v) is 9.57. The van der Waals surface area contributed by atoms with Gasteiger partial charge >= 0.3 is 0 Å². The van der Waals surface area contributed by atoms with Gasteiger partial charge in [-0.15, -0.1) is 0 Å². The number of hydrogen-bond donors (Lipinski definition) is 0. The quantitative estimate of drug-likeness (QED) is 0.620. The number of fused-ring (bicyclic) bond motifs is 1. The molecule has 144 valence electrons. The summed E-state index contributed by atoms with van der Waals surface area (Å²) in [5, 5.41) is 2.20. The Kier molecular flexibility index (Phi) is 4.30. The predicted octanol–water partition coefficient (Wildman–Crippen LogP) is 3.79. The molecule has 3 atom stereocenters. The van der Waals surface area contributed by atoms with Gasteiger partial charge in [-0.25, -0.2) is 9.96 Å². The molecule has 2 aliphatic rings. The van der Waals surface area contributed by atoms with Crippen LogP contribution in [0.2, 0.25) is 5.02 Å². The first kappa shape index (κ1) is 17.8. The molecule has 7 heteroatoms. The first-order valence-electron chi connectivity index (χ1n) is 9.19. The van der Waals surface area contributed by atoms with Crippen LogP contribution in [0.15, 0.2) is 79.1 Å². The number of pyridine rings is 1. The predicted molar refractivity (Wildman–Crippen MR) is 108 cm³/mol. The minimum Gasteiger partial charge on any atom is -0.273 e.